The zero-order valence-electron chi connectivity index (χ0n) is 12.1. The summed E-state index contributed by atoms with van der Waals surface area (Å²) in [6, 6.07) is -0.451. The van der Waals surface area contributed by atoms with Crippen molar-refractivity contribution in [3.05, 3.63) is 0 Å². The maximum Gasteiger partial charge on any atom is 0.239 e. The molecule has 5 heteroatoms. The molecule has 18 heavy (non-hydrogen) atoms. The summed E-state index contributed by atoms with van der Waals surface area (Å²) in [5, 5.41) is 0. The fourth-order valence-electron chi connectivity index (χ4n) is 1.47. The molecule has 0 aliphatic heterocycles. The lowest BCUT2D eigenvalue weighted by Gasteiger charge is -2.27. The molecule has 1 unspecified atom stereocenters. The number of hydrogen-bond acceptors (Lipinski definition) is 4. The monoisotopic (exact) mass is 260 g/mol. The van der Waals surface area contributed by atoms with Crippen molar-refractivity contribution in [2.24, 2.45) is 11.7 Å². The zero-order chi connectivity index (χ0) is 14.0. The Morgan fingerprint density at radius 3 is 1.89 bits per heavy atom. The molecule has 0 saturated carbocycles. The molecule has 0 radical (unpaired) electrons. The van der Waals surface area contributed by atoms with Gasteiger partial charge in [-0.05, 0) is 19.8 Å². The largest absolute Gasteiger partial charge is 0.380 e. The number of nitrogens with zero attached hydrogens (tertiary/aromatic N) is 1. The Hall–Kier alpha value is -0.650. The first-order chi connectivity index (χ1) is 8.54. The van der Waals surface area contributed by atoms with E-state index in [0.717, 1.165) is 0 Å². The molecular formula is C13H28N2O3. The molecule has 0 aromatic heterocycles. The second-order valence-corrected chi connectivity index (χ2v) is 4.49. The van der Waals surface area contributed by atoms with Gasteiger partial charge in [-0.1, -0.05) is 13.8 Å². The minimum Gasteiger partial charge on any atom is -0.380 e. The molecule has 2 N–H and O–H groups in total. The summed E-state index contributed by atoms with van der Waals surface area (Å²) >= 11 is 0. The van der Waals surface area contributed by atoms with Gasteiger partial charge in [0, 0.05) is 26.3 Å². The van der Waals surface area contributed by atoms with E-state index in [4.69, 9.17) is 15.2 Å². The SMILES string of the molecule is CCOCCN(CCOCC)C(=O)C(N)C(C)C. The third-order valence-electron chi connectivity index (χ3n) is 2.73. The Morgan fingerprint density at radius 2 is 1.56 bits per heavy atom. The van der Waals surface area contributed by atoms with E-state index < -0.39 is 6.04 Å². The predicted molar refractivity (Wildman–Crippen MR) is 72.4 cm³/mol. The second kappa shape index (κ2) is 10.3. The van der Waals surface area contributed by atoms with E-state index in [0.29, 0.717) is 39.5 Å². The van der Waals surface area contributed by atoms with Gasteiger partial charge in [-0.3, -0.25) is 4.79 Å². The molecule has 5 nitrogen and oxygen atoms in total. The lowest BCUT2D eigenvalue weighted by molar-refractivity contribution is -0.135. The molecule has 0 rings (SSSR count). The van der Waals surface area contributed by atoms with Crippen molar-refractivity contribution in [2.75, 3.05) is 39.5 Å². The summed E-state index contributed by atoms with van der Waals surface area (Å²) < 4.78 is 10.6. The highest BCUT2D eigenvalue weighted by atomic mass is 16.5. The smallest absolute Gasteiger partial charge is 0.239 e. The van der Waals surface area contributed by atoms with Crippen molar-refractivity contribution in [1.29, 1.82) is 0 Å². The highest BCUT2D eigenvalue weighted by molar-refractivity contribution is 5.81. The van der Waals surface area contributed by atoms with Gasteiger partial charge in [-0.15, -0.1) is 0 Å². The number of ether oxygens (including phenoxy) is 2. The van der Waals surface area contributed by atoms with Gasteiger partial charge in [0.25, 0.3) is 0 Å². The minimum atomic E-state index is -0.451. The van der Waals surface area contributed by atoms with Crippen LogP contribution < -0.4 is 5.73 Å². The van der Waals surface area contributed by atoms with Gasteiger partial charge in [0.15, 0.2) is 0 Å². The molecule has 0 spiro atoms. The van der Waals surface area contributed by atoms with Crippen LogP contribution in [-0.2, 0) is 14.3 Å². The second-order valence-electron chi connectivity index (χ2n) is 4.49. The Bertz CT molecular complexity index is 212. The van der Waals surface area contributed by atoms with E-state index in [1.54, 1.807) is 4.90 Å². The molecular weight excluding hydrogens is 232 g/mol. The number of carbonyl (C=O) groups excluding carboxylic acids is 1. The summed E-state index contributed by atoms with van der Waals surface area (Å²) in [7, 11) is 0. The molecule has 0 heterocycles. The fraction of sp³-hybridized carbons (Fsp3) is 0.923. The molecule has 0 fully saturated rings. The highest BCUT2D eigenvalue weighted by Crippen LogP contribution is 2.04. The average molecular weight is 260 g/mol. The molecule has 1 atom stereocenters. The quantitative estimate of drug-likeness (QED) is 0.592. The summed E-state index contributed by atoms with van der Waals surface area (Å²) in [4.78, 5) is 13.9. The normalized spacial score (nSPS) is 12.8. The van der Waals surface area contributed by atoms with Crippen LogP contribution in [0.4, 0.5) is 0 Å². The van der Waals surface area contributed by atoms with E-state index in [2.05, 4.69) is 0 Å². The van der Waals surface area contributed by atoms with Crippen molar-refractivity contribution in [1.82, 2.24) is 4.90 Å². The molecule has 0 aliphatic carbocycles. The van der Waals surface area contributed by atoms with Crippen molar-refractivity contribution in [2.45, 2.75) is 33.7 Å². The third kappa shape index (κ3) is 6.93. The first kappa shape index (κ1) is 17.4. The van der Waals surface area contributed by atoms with Crippen molar-refractivity contribution >= 4 is 5.91 Å². The van der Waals surface area contributed by atoms with Crippen LogP contribution in [0.3, 0.4) is 0 Å². The van der Waals surface area contributed by atoms with Crippen LogP contribution >= 0.6 is 0 Å². The lowest BCUT2D eigenvalue weighted by atomic mass is 10.0. The highest BCUT2D eigenvalue weighted by Gasteiger charge is 2.23. The van der Waals surface area contributed by atoms with E-state index in [9.17, 15) is 4.79 Å². The van der Waals surface area contributed by atoms with Gasteiger partial charge in [-0.2, -0.15) is 0 Å². The van der Waals surface area contributed by atoms with Crippen LogP contribution in [0.25, 0.3) is 0 Å². The average Bonchev–Trinajstić information content (AvgIpc) is 2.35. The maximum absolute atomic E-state index is 12.2. The van der Waals surface area contributed by atoms with Gasteiger partial charge >= 0.3 is 0 Å². The fourth-order valence-corrected chi connectivity index (χ4v) is 1.47. The number of nitrogens with two attached hydrogens (primary N) is 1. The van der Waals surface area contributed by atoms with E-state index >= 15 is 0 Å². The van der Waals surface area contributed by atoms with Gasteiger partial charge in [0.05, 0.1) is 19.3 Å². The molecule has 0 aromatic rings. The predicted octanol–water partition coefficient (Wildman–Crippen LogP) is 0.871. The van der Waals surface area contributed by atoms with Crippen molar-refractivity contribution in [3.8, 4) is 0 Å². The third-order valence-corrected chi connectivity index (χ3v) is 2.73. The molecule has 1 amide bonds. The lowest BCUT2D eigenvalue weighted by Crippen LogP contribution is -2.48. The van der Waals surface area contributed by atoms with Crippen LogP contribution in [0.2, 0.25) is 0 Å². The first-order valence-electron chi connectivity index (χ1n) is 6.74. The number of carbonyl (C=O) groups is 1. The Kier molecular flexibility index (Phi) is 9.92. The summed E-state index contributed by atoms with van der Waals surface area (Å²) in [6.45, 7) is 11.3. The van der Waals surface area contributed by atoms with Crippen LogP contribution in [0, 0.1) is 5.92 Å². The van der Waals surface area contributed by atoms with Crippen LogP contribution in [-0.4, -0.2) is 56.4 Å². The van der Waals surface area contributed by atoms with Crippen molar-refractivity contribution < 1.29 is 14.3 Å². The molecule has 0 aliphatic rings. The standard InChI is InChI=1S/C13H28N2O3/c1-5-17-9-7-15(8-10-18-6-2)13(16)12(14)11(3)4/h11-12H,5-10,14H2,1-4H3. The van der Waals surface area contributed by atoms with Gasteiger partial charge in [-0.25, -0.2) is 0 Å². The summed E-state index contributed by atoms with van der Waals surface area (Å²) in [5.74, 6) is 0.114. The summed E-state index contributed by atoms with van der Waals surface area (Å²) in [6.07, 6.45) is 0. The number of rotatable bonds is 10. The van der Waals surface area contributed by atoms with Gasteiger partial charge in [0.2, 0.25) is 5.91 Å². The Balaban J connectivity index is 4.28. The maximum atomic E-state index is 12.2. The van der Waals surface area contributed by atoms with E-state index in [1.165, 1.54) is 0 Å². The molecule has 108 valence electrons. The molecule has 0 bridgehead atoms. The number of hydrogen-bond donors (Lipinski definition) is 1. The van der Waals surface area contributed by atoms with Crippen LogP contribution in [0.1, 0.15) is 27.7 Å². The number of amides is 1. The summed E-state index contributed by atoms with van der Waals surface area (Å²) in [5.41, 5.74) is 5.90. The topological polar surface area (TPSA) is 64.8 Å². The van der Waals surface area contributed by atoms with Gasteiger partial charge in [0.1, 0.15) is 0 Å². The first-order valence-corrected chi connectivity index (χ1v) is 6.74. The Morgan fingerprint density at radius 1 is 1.11 bits per heavy atom. The van der Waals surface area contributed by atoms with Crippen LogP contribution in [0.5, 0.6) is 0 Å². The molecule has 0 aromatic carbocycles. The van der Waals surface area contributed by atoms with E-state index in [-0.39, 0.29) is 11.8 Å². The van der Waals surface area contributed by atoms with E-state index in [1.807, 2.05) is 27.7 Å². The Labute approximate surface area is 111 Å². The van der Waals surface area contributed by atoms with Gasteiger partial charge < -0.3 is 20.1 Å². The zero-order valence-corrected chi connectivity index (χ0v) is 12.1. The minimum absolute atomic E-state index is 0.0237. The molecule has 0 saturated heterocycles. The van der Waals surface area contributed by atoms with Crippen molar-refractivity contribution in [3.63, 3.8) is 0 Å². The van der Waals surface area contributed by atoms with Crippen LogP contribution in [0.15, 0.2) is 0 Å².